The van der Waals surface area contributed by atoms with Gasteiger partial charge in [-0.1, -0.05) is 140 Å². The van der Waals surface area contributed by atoms with Gasteiger partial charge in [-0.15, -0.1) is 22.7 Å². The van der Waals surface area contributed by atoms with Crippen LogP contribution in [0.1, 0.15) is 0 Å². The lowest BCUT2D eigenvalue weighted by molar-refractivity contribution is 1.23. The van der Waals surface area contributed by atoms with Crippen molar-refractivity contribution in [2.24, 2.45) is 0 Å². The minimum absolute atomic E-state index is 0.116. The molecule has 8 heterocycles. The van der Waals surface area contributed by atoms with E-state index in [4.69, 9.17) is 0 Å². The normalized spacial score (nSPS) is 13.8. The summed E-state index contributed by atoms with van der Waals surface area (Å²) >= 11 is 3.84. The quantitative estimate of drug-likeness (QED) is 0.161. The van der Waals surface area contributed by atoms with Crippen LogP contribution in [0.15, 0.2) is 218 Å². The first-order chi connectivity index (χ1) is 36.8. The van der Waals surface area contributed by atoms with Gasteiger partial charge in [0.2, 0.25) is 0 Å². The van der Waals surface area contributed by atoms with Gasteiger partial charge < -0.3 is 18.8 Å². The van der Waals surface area contributed by atoms with Gasteiger partial charge in [0, 0.05) is 129 Å². The zero-order valence-corrected chi connectivity index (χ0v) is 41.2. The summed E-state index contributed by atoms with van der Waals surface area (Å²) in [4.78, 5) is 5.15. The lowest BCUT2D eigenvalue weighted by atomic mass is 9.41. The molecule has 0 saturated heterocycles. The monoisotopic (exact) mass is 970 g/mol. The van der Waals surface area contributed by atoms with Crippen LogP contribution in [0.5, 0.6) is 0 Å². The van der Waals surface area contributed by atoms with E-state index >= 15 is 0 Å². The van der Waals surface area contributed by atoms with Gasteiger partial charge in [0.25, 0.3) is 0 Å². The summed E-state index contributed by atoms with van der Waals surface area (Å²) in [7, 11) is 0. The van der Waals surface area contributed by atoms with Crippen molar-refractivity contribution in [3.63, 3.8) is 0 Å². The Morgan fingerprint density at radius 2 is 0.716 bits per heavy atom. The first kappa shape index (κ1) is 38.8. The van der Waals surface area contributed by atoms with E-state index in [0.717, 1.165) is 11.4 Å². The molecule has 0 spiro atoms. The van der Waals surface area contributed by atoms with Crippen LogP contribution in [0.2, 0.25) is 0 Å². The molecule has 0 aliphatic carbocycles. The Kier molecular flexibility index (Phi) is 7.14. The van der Waals surface area contributed by atoms with Crippen LogP contribution in [0.3, 0.4) is 0 Å². The summed E-state index contributed by atoms with van der Waals surface area (Å²) in [5.74, 6) is 0. The molecular weight excluding hydrogens is 935 g/mol. The number of rotatable bonds is 2. The highest BCUT2D eigenvalue weighted by atomic mass is 32.1. The van der Waals surface area contributed by atoms with Crippen molar-refractivity contribution < 1.29 is 0 Å². The van der Waals surface area contributed by atoms with Crippen LogP contribution in [0, 0.1) is 0 Å². The Bertz CT molecular complexity index is 4750. The van der Waals surface area contributed by atoms with Crippen molar-refractivity contribution in [1.82, 2.24) is 8.96 Å². The van der Waals surface area contributed by atoms with Crippen LogP contribution in [-0.4, -0.2) is 22.7 Å². The molecule has 0 fully saturated rings. The molecule has 0 amide bonds. The molecule has 4 aliphatic heterocycles. The maximum absolute atomic E-state index is 2.75. The van der Waals surface area contributed by atoms with E-state index in [1.54, 1.807) is 0 Å². The molecule has 0 bridgehead atoms. The zero-order valence-electron chi connectivity index (χ0n) is 39.5. The van der Waals surface area contributed by atoms with E-state index in [0.29, 0.717) is 0 Å². The number of hydrogen-bond donors (Lipinski definition) is 0. The van der Waals surface area contributed by atoms with Gasteiger partial charge in [0.15, 0.2) is 0 Å². The SMILES string of the molecule is c1ccc(N2c3cc4c(cc3B3c5c(cccc52)-c2cc5sc6ccccc6c5c5c6ccccc6n3c25)B2c3c(cccc3N4c3ccccc3)-c3cc4sc5ccccc5c4c4c5ccccc5n2c34)cc1. The summed E-state index contributed by atoms with van der Waals surface area (Å²) in [6.07, 6.45) is 0. The molecule has 4 aromatic heterocycles. The minimum atomic E-state index is -0.116. The highest BCUT2D eigenvalue weighted by molar-refractivity contribution is 7.26. The van der Waals surface area contributed by atoms with Gasteiger partial charge in [-0.25, -0.2) is 0 Å². The van der Waals surface area contributed by atoms with Crippen molar-refractivity contribution in [2.45, 2.75) is 0 Å². The molecule has 8 heteroatoms. The molecular formula is C66H36B2N4S2. The van der Waals surface area contributed by atoms with Crippen molar-refractivity contribution in [2.75, 3.05) is 9.80 Å². The number of aromatic nitrogens is 2. The fourth-order valence-corrected chi connectivity index (χ4v) is 16.9. The number of nitrogens with zero attached hydrogens (tertiary/aromatic N) is 4. The van der Waals surface area contributed by atoms with Gasteiger partial charge in [-0.3, -0.25) is 0 Å². The molecule has 74 heavy (non-hydrogen) atoms. The summed E-state index contributed by atoms with van der Waals surface area (Å²) in [6.45, 7) is -0.232. The molecule has 0 saturated carbocycles. The lowest BCUT2D eigenvalue weighted by Gasteiger charge is -2.44. The average molecular weight is 971 g/mol. The molecule has 0 atom stereocenters. The number of para-hydroxylation sites is 4. The molecule has 4 aliphatic rings. The molecule has 338 valence electrons. The van der Waals surface area contributed by atoms with Gasteiger partial charge in [-0.05, 0) is 112 Å². The number of benzene rings is 11. The van der Waals surface area contributed by atoms with E-state index in [-0.39, 0.29) is 13.7 Å². The maximum Gasteiger partial charge on any atom is 0.333 e. The summed E-state index contributed by atoms with van der Waals surface area (Å²) in [5, 5.41) is 10.7. The first-order valence-corrected chi connectivity index (χ1v) is 27.3. The smallest absolute Gasteiger partial charge is 0.333 e. The highest BCUT2D eigenvalue weighted by Crippen LogP contribution is 2.53. The van der Waals surface area contributed by atoms with Crippen LogP contribution in [-0.2, 0) is 0 Å². The molecule has 0 unspecified atom stereocenters. The van der Waals surface area contributed by atoms with Crippen molar-refractivity contribution in [1.29, 1.82) is 0 Å². The first-order valence-electron chi connectivity index (χ1n) is 25.7. The number of anilines is 6. The Morgan fingerprint density at radius 1 is 0.297 bits per heavy atom. The highest BCUT2D eigenvalue weighted by Gasteiger charge is 2.48. The fourth-order valence-electron chi connectivity index (χ4n) is 14.6. The Morgan fingerprint density at radius 3 is 1.19 bits per heavy atom. The standard InChI is InChI=1S/C66H36B2N4S2/c1-3-17-37(18-4-1)69-51-29-15-25-39-45-33-57-59(43-23-9-13-31-55(43)73-57)61-41-21-7-11-27-49(41)71(65(45)61)67(63(39)51)47-35-48-54(36-53(47)69)70(38-19-5-2-6-20-38)52-30-16-26-40-46-34-58-60(44-24-10-14-32-56(44)74-58)62-42-22-8-12-28-50(42)72(66(46)62)68(48)64(40)52/h1-36H. The summed E-state index contributed by atoms with van der Waals surface area (Å²) < 4.78 is 10.8. The van der Waals surface area contributed by atoms with E-state index in [1.165, 1.54) is 151 Å². The second-order valence-electron chi connectivity index (χ2n) is 20.6. The number of fused-ring (bicyclic) bond motifs is 22. The predicted octanol–water partition coefficient (Wildman–Crippen LogP) is 15.5. The third kappa shape index (κ3) is 4.57. The second-order valence-corrected chi connectivity index (χ2v) is 22.8. The van der Waals surface area contributed by atoms with Gasteiger partial charge in [-0.2, -0.15) is 0 Å². The fraction of sp³-hybridized carbons (Fsp3) is 0. The zero-order chi connectivity index (χ0) is 47.7. The van der Waals surface area contributed by atoms with Crippen LogP contribution in [0.25, 0.3) is 106 Å². The van der Waals surface area contributed by atoms with Gasteiger partial charge in [0.1, 0.15) is 0 Å². The summed E-state index contributed by atoms with van der Waals surface area (Å²) in [5.41, 5.74) is 22.9. The summed E-state index contributed by atoms with van der Waals surface area (Å²) in [6, 6.07) is 83.1. The van der Waals surface area contributed by atoms with Crippen molar-refractivity contribution >= 4 is 176 Å². The molecule has 15 aromatic rings. The largest absolute Gasteiger partial charge is 0.375 e. The number of thiophene rings is 2. The van der Waals surface area contributed by atoms with Crippen molar-refractivity contribution in [3.05, 3.63) is 218 Å². The van der Waals surface area contributed by atoms with Gasteiger partial charge >= 0.3 is 13.7 Å². The maximum atomic E-state index is 2.75. The van der Waals surface area contributed by atoms with Crippen LogP contribution >= 0.6 is 22.7 Å². The molecule has 4 nitrogen and oxygen atoms in total. The van der Waals surface area contributed by atoms with E-state index in [1.807, 2.05) is 22.7 Å². The Hall–Kier alpha value is -8.81. The topological polar surface area (TPSA) is 16.3 Å². The molecule has 0 radical (unpaired) electrons. The van der Waals surface area contributed by atoms with Crippen LogP contribution < -0.4 is 31.7 Å². The van der Waals surface area contributed by atoms with Crippen LogP contribution in [0.4, 0.5) is 34.1 Å². The molecule has 11 aromatic carbocycles. The van der Waals surface area contributed by atoms with E-state index < -0.39 is 0 Å². The predicted molar refractivity (Wildman–Crippen MR) is 319 cm³/mol. The lowest BCUT2D eigenvalue weighted by Crippen LogP contribution is -2.61. The Labute approximate surface area is 433 Å². The van der Waals surface area contributed by atoms with E-state index in [9.17, 15) is 0 Å². The van der Waals surface area contributed by atoms with Crippen molar-refractivity contribution in [3.8, 4) is 22.3 Å². The molecule has 19 rings (SSSR count). The Balaban J connectivity index is 0.996. The number of hydrogen-bond acceptors (Lipinski definition) is 4. The average Bonchev–Trinajstić information content (AvgIpc) is 4.22. The van der Waals surface area contributed by atoms with E-state index in [2.05, 4.69) is 237 Å². The minimum Gasteiger partial charge on any atom is -0.375 e. The second kappa shape index (κ2) is 13.6. The molecule has 0 N–H and O–H groups in total. The van der Waals surface area contributed by atoms with Gasteiger partial charge in [0.05, 0.1) is 0 Å². The third-order valence-electron chi connectivity index (χ3n) is 17.2. The third-order valence-corrected chi connectivity index (χ3v) is 19.4.